The van der Waals surface area contributed by atoms with Crippen LogP contribution in [0.4, 0.5) is 11.4 Å². The van der Waals surface area contributed by atoms with E-state index in [0.29, 0.717) is 24.2 Å². The van der Waals surface area contributed by atoms with Crippen molar-refractivity contribution in [2.24, 2.45) is 7.05 Å². The van der Waals surface area contributed by atoms with Crippen LogP contribution >= 0.6 is 0 Å². The fourth-order valence-corrected chi connectivity index (χ4v) is 2.84. The highest BCUT2D eigenvalue weighted by Gasteiger charge is 2.33. The number of carbonyl (C=O) groups is 2. The molecule has 25 heavy (non-hydrogen) atoms. The molecule has 1 fully saturated rings. The van der Waals surface area contributed by atoms with E-state index in [-0.39, 0.29) is 24.4 Å². The first-order valence-electron chi connectivity index (χ1n) is 7.97. The minimum Gasteiger partial charge on any atom is -0.373 e. The van der Waals surface area contributed by atoms with Gasteiger partial charge in [0.1, 0.15) is 6.04 Å². The highest BCUT2D eigenvalue weighted by Crippen LogP contribution is 2.24. The van der Waals surface area contributed by atoms with Crippen LogP contribution in [0.25, 0.3) is 0 Å². The van der Waals surface area contributed by atoms with Gasteiger partial charge in [-0.15, -0.1) is 6.42 Å². The van der Waals surface area contributed by atoms with Crippen molar-refractivity contribution in [1.29, 1.82) is 0 Å². The van der Waals surface area contributed by atoms with Crippen molar-refractivity contribution >= 4 is 23.2 Å². The van der Waals surface area contributed by atoms with E-state index < -0.39 is 0 Å². The average molecular weight is 337 g/mol. The molecule has 1 atom stereocenters. The van der Waals surface area contributed by atoms with Crippen LogP contribution < -0.4 is 15.5 Å². The third kappa shape index (κ3) is 3.48. The number of aryl methyl sites for hydroxylation is 1. The summed E-state index contributed by atoms with van der Waals surface area (Å²) in [6, 6.07) is 6.69. The number of nitrogens with zero attached hydrogens (tertiary/aromatic N) is 3. The van der Waals surface area contributed by atoms with Crippen LogP contribution in [0, 0.1) is 12.3 Å². The van der Waals surface area contributed by atoms with E-state index in [1.54, 1.807) is 34.0 Å². The summed E-state index contributed by atoms with van der Waals surface area (Å²) in [5, 5.41) is 9.94. The molecule has 1 aromatic heterocycles. The number of hydrogen-bond acceptors (Lipinski definition) is 4. The third-order valence-electron chi connectivity index (χ3n) is 4.06. The van der Waals surface area contributed by atoms with Gasteiger partial charge in [0.05, 0.1) is 24.0 Å². The number of nitrogens with one attached hydrogen (secondary N) is 2. The molecular weight excluding hydrogens is 318 g/mol. The molecule has 1 aliphatic heterocycles. The first-order chi connectivity index (χ1) is 12.1. The molecule has 1 aromatic carbocycles. The topological polar surface area (TPSA) is 79.3 Å². The van der Waals surface area contributed by atoms with Crippen molar-refractivity contribution < 1.29 is 9.59 Å². The van der Waals surface area contributed by atoms with Crippen molar-refractivity contribution in [2.45, 2.75) is 12.5 Å². The lowest BCUT2D eigenvalue weighted by molar-refractivity contribution is -0.117. The highest BCUT2D eigenvalue weighted by molar-refractivity contribution is 6.03. The van der Waals surface area contributed by atoms with Gasteiger partial charge >= 0.3 is 0 Å². The second kappa shape index (κ2) is 7.09. The van der Waals surface area contributed by atoms with E-state index in [1.165, 1.54) is 0 Å². The number of carbonyl (C=O) groups excluding carboxylic acids is 2. The second-order valence-corrected chi connectivity index (χ2v) is 5.78. The quantitative estimate of drug-likeness (QED) is 0.798. The molecule has 0 saturated carbocycles. The Morgan fingerprint density at radius 2 is 2.24 bits per heavy atom. The van der Waals surface area contributed by atoms with E-state index in [9.17, 15) is 9.59 Å². The summed E-state index contributed by atoms with van der Waals surface area (Å²) in [5.74, 6) is 2.07. The Labute approximate surface area is 146 Å². The molecule has 7 heteroatoms. The Morgan fingerprint density at radius 3 is 2.96 bits per heavy atom. The third-order valence-corrected chi connectivity index (χ3v) is 4.06. The minimum absolute atomic E-state index is 0.0353. The van der Waals surface area contributed by atoms with Crippen molar-refractivity contribution in [3.05, 3.63) is 42.2 Å². The molecule has 3 rings (SSSR count). The smallest absolute Gasteiger partial charge is 0.254 e. The van der Waals surface area contributed by atoms with Crippen LogP contribution in [-0.4, -0.2) is 40.7 Å². The largest absolute Gasteiger partial charge is 0.373 e. The zero-order chi connectivity index (χ0) is 17.8. The van der Waals surface area contributed by atoms with E-state index in [0.717, 1.165) is 5.69 Å². The first-order valence-corrected chi connectivity index (χ1v) is 7.97. The number of aromatic nitrogens is 2. The standard InChI is InChI=1S/C18H19N5O2/c1-3-9-19-17(24)14-6-4-5-7-15(14)21-16-8-10-23(18(16)25)13-11-20-22(2)12-13/h1,4-7,11-12,16,21H,8-10H2,2H3,(H,19,24)/t16-/m0/s1. The summed E-state index contributed by atoms with van der Waals surface area (Å²) in [7, 11) is 1.81. The van der Waals surface area contributed by atoms with Crippen molar-refractivity contribution in [3.8, 4) is 12.3 Å². The maximum atomic E-state index is 12.7. The van der Waals surface area contributed by atoms with Gasteiger partial charge in [-0.05, 0) is 18.6 Å². The molecule has 128 valence electrons. The molecule has 7 nitrogen and oxygen atoms in total. The minimum atomic E-state index is -0.387. The summed E-state index contributed by atoms with van der Waals surface area (Å²) < 4.78 is 1.66. The van der Waals surface area contributed by atoms with Crippen LogP contribution in [0.5, 0.6) is 0 Å². The molecule has 2 aromatic rings. The second-order valence-electron chi connectivity index (χ2n) is 5.78. The first kappa shape index (κ1) is 16.6. The van der Waals surface area contributed by atoms with Gasteiger partial charge in [-0.2, -0.15) is 5.10 Å². The Hall–Kier alpha value is -3.27. The molecule has 1 aliphatic rings. The highest BCUT2D eigenvalue weighted by atomic mass is 16.2. The van der Waals surface area contributed by atoms with Gasteiger partial charge < -0.3 is 15.5 Å². The van der Waals surface area contributed by atoms with E-state index >= 15 is 0 Å². The average Bonchev–Trinajstić information content (AvgIpc) is 3.19. The number of anilines is 2. The Morgan fingerprint density at radius 1 is 1.44 bits per heavy atom. The van der Waals surface area contributed by atoms with Gasteiger partial charge in [0.25, 0.3) is 5.91 Å². The molecule has 2 amide bonds. The maximum absolute atomic E-state index is 12.7. The summed E-state index contributed by atoms with van der Waals surface area (Å²) in [6.45, 7) is 0.762. The Bertz CT molecular complexity index is 836. The number of terminal acetylenes is 1. The van der Waals surface area contributed by atoms with Crippen LogP contribution in [0.1, 0.15) is 16.8 Å². The van der Waals surface area contributed by atoms with Gasteiger partial charge in [0.2, 0.25) is 5.91 Å². The number of benzene rings is 1. The van der Waals surface area contributed by atoms with Crippen molar-refractivity contribution in [1.82, 2.24) is 15.1 Å². The molecule has 2 heterocycles. The fourth-order valence-electron chi connectivity index (χ4n) is 2.84. The van der Waals surface area contributed by atoms with Gasteiger partial charge in [-0.3, -0.25) is 14.3 Å². The summed E-state index contributed by atoms with van der Waals surface area (Å²) in [6.07, 6.45) is 9.30. The van der Waals surface area contributed by atoms with Crippen LogP contribution in [0.15, 0.2) is 36.7 Å². The lowest BCUT2D eigenvalue weighted by atomic mass is 10.1. The van der Waals surface area contributed by atoms with Crippen LogP contribution in [0.3, 0.4) is 0 Å². The molecular formula is C18H19N5O2. The molecule has 0 spiro atoms. The van der Waals surface area contributed by atoms with E-state index in [1.807, 2.05) is 19.3 Å². The molecule has 0 bridgehead atoms. The lowest BCUT2D eigenvalue weighted by Crippen LogP contribution is -2.34. The summed E-state index contributed by atoms with van der Waals surface area (Å²) >= 11 is 0. The number of amides is 2. The van der Waals surface area contributed by atoms with Crippen molar-refractivity contribution in [3.63, 3.8) is 0 Å². The molecule has 2 N–H and O–H groups in total. The van der Waals surface area contributed by atoms with E-state index in [4.69, 9.17) is 6.42 Å². The fraction of sp³-hybridized carbons (Fsp3) is 0.278. The van der Waals surface area contributed by atoms with Crippen molar-refractivity contribution in [2.75, 3.05) is 23.3 Å². The van der Waals surface area contributed by atoms with Gasteiger partial charge in [0.15, 0.2) is 0 Å². The lowest BCUT2D eigenvalue weighted by Gasteiger charge is -2.17. The number of rotatable bonds is 5. The molecule has 0 aliphatic carbocycles. The van der Waals surface area contributed by atoms with Crippen LogP contribution in [-0.2, 0) is 11.8 Å². The number of hydrogen-bond donors (Lipinski definition) is 2. The molecule has 1 saturated heterocycles. The van der Waals surface area contributed by atoms with Gasteiger partial charge in [-0.1, -0.05) is 18.1 Å². The zero-order valence-corrected chi connectivity index (χ0v) is 13.9. The zero-order valence-electron chi connectivity index (χ0n) is 13.9. The van der Waals surface area contributed by atoms with Crippen LogP contribution in [0.2, 0.25) is 0 Å². The molecule has 0 unspecified atom stereocenters. The Kier molecular flexibility index (Phi) is 4.70. The summed E-state index contributed by atoms with van der Waals surface area (Å²) in [5.41, 5.74) is 1.85. The van der Waals surface area contributed by atoms with E-state index in [2.05, 4.69) is 21.7 Å². The SMILES string of the molecule is C#CCNC(=O)c1ccccc1N[C@H]1CCN(c2cnn(C)c2)C1=O. The maximum Gasteiger partial charge on any atom is 0.254 e. The van der Waals surface area contributed by atoms with Gasteiger partial charge in [-0.25, -0.2) is 0 Å². The molecule has 0 radical (unpaired) electrons. The van der Waals surface area contributed by atoms with Gasteiger partial charge in [0, 0.05) is 25.5 Å². The summed E-state index contributed by atoms with van der Waals surface area (Å²) in [4.78, 5) is 26.6. The Balaban J connectivity index is 1.74. The monoisotopic (exact) mass is 337 g/mol. The number of para-hydroxylation sites is 1. The predicted molar refractivity (Wildman–Crippen MR) is 95.2 cm³/mol. The predicted octanol–water partition coefficient (Wildman–Crippen LogP) is 1.00. The normalized spacial score (nSPS) is 16.6.